The van der Waals surface area contributed by atoms with Gasteiger partial charge < -0.3 is 4.43 Å². The number of hydrogen-bond donors (Lipinski definition) is 0. The first kappa shape index (κ1) is 36.6. The van der Waals surface area contributed by atoms with E-state index in [9.17, 15) is 14.9 Å². The zero-order chi connectivity index (χ0) is 29.9. The van der Waals surface area contributed by atoms with Crippen molar-refractivity contribution in [2.75, 3.05) is 0 Å². The van der Waals surface area contributed by atoms with Gasteiger partial charge in [-0.3, -0.25) is 9.59 Å². The standard InChI is InChI=1S/C12H14Br3NOSi.C8H5Br3O.C8H8O/c1-18(2,3)17-11(9-16,12(13,14)15)10-7-5-4-6-8-10;9-8(10,11)7(12)6-4-2-1-3-5-6;1-7(9)8-5-3-2-4-6-8/h4-8H,1-3H3;1-5H;2-6H,1H3. The van der Waals surface area contributed by atoms with E-state index in [-0.39, 0.29) is 11.6 Å². The molecule has 0 fully saturated rings. The molecular weight excluding hydrogens is 906 g/mol. The van der Waals surface area contributed by atoms with E-state index in [1.54, 1.807) is 19.1 Å². The summed E-state index contributed by atoms with van der Waals surface area (Å²) >= 11 is 19.9. The number of carbonyl (C=O) groups is 2. The fourth-order valence-corrected chi connectivity index (χ4v) is 6.56. The maximum Gasteiger partial charge on any atom is 0.205 e. The zero-order valence-electron chi connectivity index (χ0n) is 21.6. The maximum absolute atomic E-state index is 11.5. The van der Waals surface area contributed by atoms with Gasteiger partial charge in [-0.2, -0.15) is 5.26 Å². The van der Waals surface area contributed by atoms with Crippen LogP contribution in [-0.4, -0.2) is 24.2 Å². The van der Waals surface area contributed by atoms with Crippen molar-refractivity contribution in [1.82, 2.24) is 0 Å². The molecule has 0 saturated carbocycles. The molecule has 0 saturated heterocycles. The van der Waals surface area contributed by atoms with Gasteiger partial charge in [-0.1, -0.05) is 187 Å². The molecule has 1 atom stereocenters. The fourth-order valence-electron chi connectivity index (χ4n) is 2.99. The molecule has 0 N–H and O–H groups in total. The third-order valence-electron chi connectivity index (χ3n) is 4.67. The second-order valence-electron chi connectivity index (χ2n) is 8.99. The molecule has 3 aromatic carbocycles. The minimum atomic E-state index is -1.92. The third-order valence-corrected chi connectivity index (χ3v) is 8.34. The van der Waals surface area contributed by atoms with Crippen LogP contribution >= 0.6 is 95.6 Å². The van der Waals surface area contributed by atoms with Gasteiger partial charge in [0.15, 0.2) is 18.4 Å². The van der Waals surface area contributed by atoms with E-state index in [2.05, 4.69) is 121 Å². The highest BCUT2D eigenvalue weighted by atomic mass is 80.0. The highest BCUT2D eigenvalue weighted by Crippen LogP contribution is 2.52. The normalized spacial score (nSPS) is 12.8. The van der Waals surface area contributed by atoms with Gasteiger partial charge in [-0.15, -0.1) is 0 Å². The number of halogens is 6. The number of benzene rings is 3. The average molecular weight is 933 g/mol. The van der Waals surface area contributed by atoms with E-state index >= 15 is 0 Å². The minimum Gasteiger partial charge on any atom is -0.394 e. The molecule has 0 spiro atoms. The predicted octanol–water partition coefficient (Wildman–Crippen LogP) is 10.7. The lowest BCUT2D eigenvalue weighted by Crippen LogP contribution is -2.47. The highest BCUT2D eigenvalue weighted by molar-refractivity contribution is 9.40. The van der Waals surface area contributed by atoms with Gasteiger partial charge >= 0.3 is 0 Å². The van der Waals surface area contributed by atoms with E-state index in [1.165, 1.54) is 0 Å². The van der Waals surface area contributed by atoms with E-state index in [4.69, 9.17) is 4.43 Å². The van der Waals surface area contributed by atoms with Crippen LogP contribution in [0.3, 0.4) is 0 Å². The summed E-state index contributed by atoms with van der Waals surface area (Å²) in [6.07, 6.45) is 0. The van der Waals surface area contributed by atoms with Crippen molar-refractivity contribution < 1.29 is 14.0 Å². The molecule has 3 aromatic rings. The molecule has 0 heterocycles. The Kier molecular flexibility index (Phi) is 15.2. The Balaban J connectivity index is 0.000000312. The Labute approximate surface area is 282 Å². The second-order valence-corrected chi connectivity index (χ2v) is 26.9. The lowest BCUT2D eigenvalue weighted by Gasteiger charge is -2.39. The second kappa shape index (κ2) is 16.3. The number of hydrogen-bond acceptors (Lipinski definition) is 4. The van der Waals surface area contributed by atoms with Crippen LogP contribution in [0.2, 0.25) is 19.6 Å². The molecule has 4 nitrogen and oxygen atoms in total. The summed E-state index contributed by atoms with van der Waals surface area (Å²) < 4.78 is 4.49. The number of nitriles is 1. The first-order valence-electron chi connectivity index (χ1n) is 11.4. The molecule has 0 aliphatic carbocycles. The Morgan fingerprint density at radius 2 is 1.10 bits per heavy atom. The Morgan fingerprint density at radius 1 is 0.718 bits per heavy atom. The van der Waals surface area contributed by atoms with Crippen molar-refractivity contribution in [2.24, 2.45) is 0 Å². The van der Waals surface area contributed by atoms with Gasteiger partial charge in [-0.25, -0.2) is 0 Å². The van der Waals surface area contributed by atoms with Crippen molar-refractivity contribution >= 4 is 115 Å². The zero-order valence-corrected chi connectivity index (χ0v) is 32.1. The Bertz CT molecular complexity index is 1240. The third kappa shape index (κ3) is 12.5. The van der Waals surface area contributed by atoms with Crippen LogP contribution in [0.5, 0.6) is 0 Å². The number of alkyl halides is 6. The van der Waals surface area contributed by atoms with Crippen molar-refractivity contribution in [3.05, 3.63) is 108 Å². The molecule has 0 aliphatic heterocycles. The van der Waals surface area contributed by atoms with Gasteiger partial charge in [0, 0.05) is 16.7 Å². The molecule has 0 radical (unpaired) electrons. The maximum atomic E-state index is 11.5. The topological polar surface area (TPSA) is 67.2 Å². The predicted molar refractivity (Wildman–Crippen MR) is 184 cm³/mol. The quantitative estimate of drug-likeness (QED) is 0.145. The molecule has 3 rings (SSSR count). The summed E-state index contributed by atoms with van der Waals surface area (Å²) in [7, 11) is -1.92. The molecule has 0 aromatic heterocycles. The monoisotopic (exact) mass is 927 g/mol. The van der Waals surface area contributed by atoms with Gasteiger partial charge in [0.25, 0.3) is 0 Å². The number of nitrogens with zero attached hydrogens (tertiary/aromatic N) is 1. The van der Waals surface area contributed by atoms with Gasteiger partial charge in [0.1, 0.15) is 6.07 Å². The van der Waals surface area contributed by atoms with Crippen LogP contribution in [0.25, 0.3) is 0 Å². The van der Waals surface area contributed by atoms with E-state index in [0.29, 0.717) is 5.56 Å². The lowest BCUT2D eigenvalue weighted by molar-refractivity contribution is 0.100. The van der Waals surface area contributed by atoms with E-state index in [0.717, 1.165) is 11.1 Å². The molecule has 1 unspecified atom stereocenters. The number of carbonyl (C=O) groups excluding carboxylic acids is 2. The summed E-state index contributed by atoms with van der Waals surface area (Å²) in [5.41, 5.74) is 1.11. The van der Waals surface area contributed by atoms with Crippen LogP contribution in [0.1, 0.15) is 33.2 Å². The molecule has 0 bridgehead atoms. The van der Waals surface area contributed by atoms with Crippen LogP contribution in [-0.2, 0) is 10.0 Å². The molecule has 11 heteroatoms. The number of rotatable bonds is 5. The average Bonchev–Trinajstić information content (AvgIpc) is 2.87. The van der Waals surface area contributed by atoms with Crippen LogP contribution in [0.15, 0.2) is 91.0 Å². The summed E-state index contributed by atoms with van der Waals surface area (Å²) in [5.74, 6) is 0.0682. The number of Topliss-reactive ketones (excluding diaryl/α,β-unsaturated/α-hetero) is 2. The molecular formula is C28H27Br6NO3Si. The summed E-state index contributed by atoms with van der Waals surface area (Å²) in [4.78, 5) is 22.2. The van der Waals surface area contributed by atoms with Gasteiger partial charge in [0.2, 0.25) is 11.4 Å². The van der Waals surface area contributed by atoms with Crippen LogP contribution in [0.4, 0.5) is 0 Å². The summed E-state index contributed by atoms with van der Waals surface area (Å²) in [5, 5.41) is 9.69. The molecule has 0 amide bonds. The van der Waals surface area contributed by atoms with Crippen LogP contribution in [0, 0.1) is 11.3 Å². The van der Waals surface area contributed by atoms with E-state index in [1.807, 2.05) is 78.9 Å². The SMILES string of the molecule is CC(=O)c1ccccc1.C[Si](C)(C)OC(C#N)(c1ccccc1)C(Br)(Br)Br.O=C(c1ccccc1)C(Br)(Br)Br. The smallest absolute Gasteiger partial charge is 0.205 e. The lowest BCUT2D eigenvalue weighted by atomic mass is 9.98. The van der Waals surface area contributed by atoms with Crippen molar-refractivity contribution in [1.29, 1.82) is 5.26 Å². The fraction of sp³-hybridized carbons (Fsp3) is 0.250. The van der Waals surface area contributed by atoms with E-state index < -0.39 is 18.2 Å². The summed E-state index contributed by atoms with van der Waals surface area (Å²) in [6.45, 7) is 7.73. The number of ketones is 2. The first-order valence-corrected chi connectivity index (χ1v) is 19.6. The van der Waals surface area contributed by atoms with Gasteiger partial charge in [-0.05, 0) is 26.6 Å². The first-order chi connectivity index (χ1) is 17.9. The Hall–Kier alpha value is -0.453. The van der Waals surface area contributed by atoms with Crippen molar-refractivity contribution in [2.45, 2.75) is 36.5 Å². The van der Waals surface area contributed by atoms with Gasteiger partial charge in [0.05, 0.1) is 0 Å². The Morgan fingerprint density at radius 3 is 1.38 bits per heavy atom. The largest absolute Gasteiger partial charge is 0.394 e. The minimum absolute atomic E-state index is 0.0527. The molecule has 208 valence electrons. The van der Waals surface area contributed by atoms with Crippen molar-refractivity contribution in [3.8, 4) is 6.07 Å². The molecule has 0 aliphatic rings. The highest BCUT2D eigenvalue weighted by Gasteiger charge is 2.52. The summed E-state index contributed by atoms with van der Waals surface area (Å²) in [6, 6.07) is 30.1. The molecule has 39 heavy (non-hydrogen) atoms. The van der Waals surface area contributed by atoms with Crippen LogP contribution < -0.4 is 0 Å². The van der Waals surface area contributed by atoms with Crippen molar-refractivity contribution in [3.63, 3.8) is 0 Å².